The van der Waals surface area contributed by atoms with Crippen molar-refractivity contribution in [3.05, 3.63) is 11.6 Å². The van der Waals surface area contributed by atoms with Crippen molar-refractivity contribution >= 4 is 6.09 Å². The summed E-state index contributed by atoms with van der Waals surface area (Å²) >= 11 is 0. The summed E-state index contributed by atoms with van der Waals surface area (Å²) in [5.74, 6) is 0. The summed E-state index contributed by atoms with van der Waals surface area (Å²) in [6.45, 7) is 2.92. The van der Waals surface area contributed by atoms with E-state index in [2.05, 4.69) is 16.3 Å². The highest BCUT2D eigenvalue weighted by atomic mass is 16.4. The first-order valence-corrected chi connectivity index (χ1v) is 6.14. The van der Waals surface area contributed by atoms with Gasteiger partial charge in [-0.3, -0.25) is 4.90 Å². The number of nitrogens with one attached hydrogen (secondary N) is 1. The molecule has 0 aromatic carbocycles. The maximum atomic E-state index is 10.5. The largest absolute Gasteiger partial charge is 0.465 e. The molecule has 2 N–H and O–H groups in total. The number of likely N-dealkylation sites (tertiary alicyclic amines) is 1. The van der Waals surface area contributed by atoms with Gasteiger partial charge in [-0.15, -0.1) is 0 Å². The second-order valence-corrected chi connectivity index (χ2v) is 4.78. The summed E-state index contributed by atoms with van der Waals surface area (Å²) < 4.78 is 0. The highest BCUT2D eigenvalue weighted by molar-refractivity contribution is 5.64. The standard InChI is InChI=1S/C12H20N2O2/c15-12(16)13-11-6-7-14(9-11)8-10-4-2-1-3-5-10/h4,11,13H,1-3,5-9H2,(H,15,16)/t11-/m0/s1. The zero-order valence-corrected chi connectivity index (χ0v) is 9.61. The predicted octanol–water partition coefficient (Wildman–Crippen LogP) is 1.83. The average molecular weight is 224 g/mol. The fourth-order valence-electron chi connectivity index (χ4n) is 2.60. The van der Waals surface area contributed by atoms with Gasteiger partial charge in [-0.25, -0.2) is 4.79 Å². The van der Waals surface area contributed by atoms with Crippen LogP contribution < -0.4 is 5.32 Å². The molecule has 0 aromatic rings. The van der Waals surface area contributed by atoms with E-state index in [1.807, 2.05) is 0 Å². The van der Waals surface area contributed by atoms with Crippen molar-refractivity contribution in [2.45, 2.75) is 38.1 Å². The summed E-state index contributed by atoms with van der Waals surface area (Å²) in [5.41, 5.74) is 1.54. The Labute approximate surface area is 96.3 Å². The molecule has 1 heterocycles. The summed E-state index contributed by atoms with van der Waals surface area (Å²) in [5, 5.41) is 11.2. The summed E-state index contributed by atoms with van der Waals surface area (Å²) in [4.78, 5) is 12.9. The van der Waals surface area contributed by atoms with E-state index in [0.717, 1.165) is 26.1 Å². The Balaban J connectivity index is 1.75. The SMILES string of the molecule is O=C(O)N[C@H]1CCN(CC2=CCCCC2)C1. The van der Waals surface area contributed by atoms with Crippen molar-refractivity contribution in [3.63, 3.8) is 0 Å². The lowest BCUT2D eigenvalue weighted by molar-refractivity contribution is 0.190. The Kier molecular flexibility index (Phi) is 3.83. The van der Waals surface area contributed by atoms with Gasteiger partial charge in [-0.1, -0.05) is 11.6 Å². The lowest BCUT2D eigenvalue weighted by Crippen LogP contribution is -2.36. The van der Waals surface area contributed by atoms with Gasteiger partial charge in [0.1, 0.15) is 0 Å². The number of hydrogen-bond acceptors (Lipinski definition) is 2. The minimum Gasteiger partial charge on any atom is -0.465 e. The van der Waals surface area contributed by atoms with E-state index in [9.17, 15) is 4.79 Å². The molecule has 0 saturated carbocycles. The van der Waals surface area contributed by atoms with E-state index >= 15 is 0 Å². The van der Waals surface area contributed by atoms with Gasteiger partial charge < -0.3 is 10.4 Å². The number of carbonyl (C=O) groups is 1. The molecule has 2 aliphatic rings. The van der Waals surface area contributed by atoms with Crippen molar-refractivity contribution in [2.75, 3.05) is 19.6 Å². The topological polar surface area (TPSA) is 52.6 Å². The maximum absolute atomic E-state index is 10.5. The molecule has 0 unspecified atom stereocenters. The van der Waals surface area contributed by atoms with E-state index in [4.69, 9.17) is 5.11 Å². The van der Waals surface area contributed by atoms with E-state index in [1.54, 1.807) is 5.57 Å². The van der Waals surface area contributed by atoms with Crippen LogP contribution in [0, 0.1) is 0 Å². The van der Waals surface area contributed by atoms with Gasteiger partial charge in [0.15, 0.2) is 0 Å². The highest BCUT2D eigenvalue weighted by Crippen LogP contribution is 2.20. The molecule has 2 rings (SSSR count). The lowest BCUT2D eigenvalue weighted by atomic mass is 9.99. The molecular formula is C12H20N2O2. The second-order valence-electron chi connectivity index (χ2n) is 4.78. The van der Waals surface area contributed by atoms with Crippen LogP contribution in [-0.4, -0.2) is 41.8 Å². The number of carboxylic acid groups (broad SMARTS) is 1. The molecule has 1 saturated heterocycles. The van der Waals surface area contributed by atoms with Crippen LogP contribution in [0.15, 0.2) is 11.6 Å². The van der Waals surface area contributed by atoms with Gasteiger partial charge in [-0.05, 0) is 32.1 Å². The van der Waals surface area contributed by atoms with Gasteiger partial charge in [0.25, 0.3) is 0 Å². The van der Waals surface area contributed by atoms with Gasteiger partial charge in [0.2, 0.25) is 0 Å². The van der Waals surface area contributed by atoms with Crippen LogP contribution in [0.2, 0.25) is 0 Å². The predicted molar refractivity (Wildman–Crippen MR) is 62.6 cm³/mol. The first-order valence-electron chi connectivity index (χ1n) is 6.14. The van der Waals surface area contributed by atoms with Crippen LogP contribution in [0.5, 0.6) is 0 Å². The molecule has 0 spiro atoms. The van der Waals surface area contributed by atoms with Gasteiger partial charge in [-0.2, -0.15) is 0 Å². The van der Waals surface area contributed by atoms with Crippen LogP contribution in [-0.2, 0) is 0 Å². The smallest absolute Gasteiger partial charge is 0.404 e. The monoisotopic (exact) mass is 224 g/mol. The number of nitrogens with zero attached hydrogens (tertiary/aromatic N) is 1. The third-order valence-corrected chi connectivity index (χ3v) is 3.41. The fraction of sp³-hybridized carbons (Fsp3) is 0.750. The Bertz CT molecular complexity index is 289. The third kappa shape index (κ3) is 3.23. The molecule has 1 aliphatic heterocycles. The average Bonchev–Trinajstić information content (AvgIpc) is 2.66. The first-order chi connectivity index (χ1) is 7.74. The lowest BCUT2D eigenvalue weighted by Gasteiger charge is -2.20. The zero-order chi connectivity index (χ0) is 11.4. The third-order valence-electron chi connectivity index (χ3n) is 3.41. The molecule has 4 heteroatoms. The van der Waals surface area contributed by atoms with E-state index in [1.165, 1.54) is 25.7 Å². The molecule has 0 bridgehead atoms. The minimum atomic E-state index is -0.899. The maximum Gasteiger partial charge on any atom is 0.404 e. The normalized spacial score (nSPS) is 26.5. The van der Waals surface area contributed by atoms with E-state index in [0.29, 0.717) is 0 Å². The van der Waals surface area contributed by atoms with Gasteiger partial charge in [0.05, 0.1) is 0 Å². The molecule has 1 amide bonds. The Morgan fingerprint density at radius 1 is 1.56 bits per heavy atom. The van der Waals surface area contributed by atoms with Crippen molar-refractivity contribution in [3.8, 4) is 0 Å². The summed E-state index contributed by atoms with van der Waals surface area (Å²) in [6, 6.07) is 0.127. The number of rotatable bonds is 3. The van der Waals surface area contributed by atoms with Crippen LogP contribution in [0.1, 0.15) is 32.1 Å². The highest BCUT2D eigenvalue weighted by Gasteiger charge is 2.24. The summed E-state index contributed by atoms with van der Waals surface area (Å²) in [6.07, 6.45) is 7.50. The Hall–Kier alpha value is -1.03. The van der Waals surface area contributed by atoms with Crippen LogP contribution in [0.25, 0.3) is 0 Å². The van der Waals surface area contributed by atoms with E-state index in [-0.39, 0.29) is 6.04 Å². The number of amides is 1. The molecule has 16 heavy (non-hydrogen) atoms. The Morgan fingerprint density at radius 3 is 3.12 bits per heavy atom. The molecule has 1 fully saturated rings. The molecule has 1 aliphatic carbocycles. The minimum absolute atomic E-state index is 0.127. The number of allylic oxidation sites excluding steroid dienone is 1. The van der Waals surface area contributed by atoms with Gasteiger partial charge >= 0.3 is 6.09 Å². The molecule has 4 nitrogen and oxygen atoms in total. The van der Waals surface area contributed by atoms with E-state index < -0.39 is 6.09 Å². The molecule has 1 atom stereocenters. The zero-order valence-electron chi connectivity index (χ0n) is 9.61. The molecular weight excluding hydrogens is 204 g/mol. The van der Waals surface area contributed by atoms with Gasteiger partial charge in [0, 0.05) is 25.7 Å². The Morgan fingerprint density at radius 2 is 2.44 bits per heavy atom. The van der Waals surface area contributed by atoms with Crippen molar-refractivity contribution in [1.29, 1.82) is 0 Å². The second kappa shape index (κ2) is 5.34. The first kappa shape index (κ1) is 11.5. The molecule has 0 radical (unpaired) electrons. The number of hydrogen-bond donors (Lipinski definition) is 2. The fourth-order valence-corrected chi connectivity index (χ4v) is 2.60. The quantitative estimate of drug-likeness (QED) is 0.719. The van der Waals surface area contributed by atoms with Crippen LogP contribution in [0.3, 0.4) is 0 Å². The van der Waals surface area contributed by atoms with Crippen LogP contribution >= 0.6 is 0 Å². The van der Waals surface area contributed by atoms with Crippen molar-refractivity contribution in [1.82, 2.24) is 10.2 Å². The molecule has 0 aromatic heterocycles. The van der Waals surface area contributed by atoms with Crippen LogP contribution in [0.4, 0.5) is 4.79 Å². The van der Waals surface area contributed by atoms with Crippen molar-refractivity contribution < 1.29 is 9.90 Å². The summed E-state index contributed by atoms with van der Waals surface area (Å²) in [7, 11) is 0. The van der Waals surface area contributed by atoms with Crippen molar-refractivity contribution in [2.24, 2.45) is 0 Å². The molecule has 90 valence electrons.